The summed E-state index contributed by atoms with van der Waals surface area (Å²) in [5.41, 5.74) is 5.15. The number of nitrogens with two attached hydrogens (primary N) is 1. The molecule has 6 nitrogen and oxygen atoms in total. The van der Waals surface area contributed by atoms with Gasteiger partial charge in [-0.05, 0) is 25.7 Å². The van der Waals surface area contributed by atoms with Crippen LogP contribution in [0.3, 0.4) is 0 Å². The average molecular weight is 250 g/mol. The van der Waals surface area contributed by atoms with Gasteiger partial charge in [0.15, 0.2) is 5.82 Å². The van der Waals surface area contributed by atoms with Crippen LogP contribution in [-0.2, 0) is 11.8 Å². The molecule has 98 valence electrons. The summed E-state index contributed by atoms with van der Waals surface area (Å²) in [5, 5.41) is 3.15. The zero-order valence-electron chi connectivity index (χ0n) is 10.4. The van der Waals surface area contributed by atoms with Crippen LogP contribution in [0.1, 0.15) is 25.7 Å². The fourth-order valence-electron chi connectivity index (χ4n) is 2.31. The third-order valence-electron chi connectivity index (χ3n) is 3.49. The van der Waals surface area contributed by atoms with Gasteiger partial charge in [0.1, 0.15) is 0 Å². The Morgan fingerprint density at radius 1 is 1.44 bits per heavy atom. The van der Waals surface area contributed by atoms with Gasteiger partial charge >= 0.3 is 0 Å². The van der Waals surface area contributed by atoms with Crippen LogP contribution in [0, 0.1) is 5.92 Å². The largest absolute Gasteiger partial charge is 0.369 e. The molecule has 0 radical (unpaired) electrons. The van der Waals surface area contributed by atoms with E-state index in [1.807, 2.05) is 0 Å². The van der Waals surface area contributed by atoms with E-state index in [1.165, 1.54) is 4.57 Å². The number of amides is 1. The lowest BCUT2D eigenvalue weighted by atomic mass is 9.85. The maximum Gasteiger partial charge on any atom is 0.293 e. The Balaban J connectivity index is 1.98. The second-order valence-electron chi connectivity index (χ2n) is 4.79. The number of nitrogens with zero attached hydrogens (tertiary/aromatic N) is 2. The molecule has 1 aromatic heterocycles. The second-order valence-corrected chi connectivity index (χ2v) is 4.79. The molecule has 3 N–H and O–H groups in total. The van der Waals surface area contributed by atoms with E-state index in [0.717, 1.165) is 25.7 Å². The number of nitrogens with one attached hydrogen (secondary N) is 1. The van der Waals surface area contributed by atoms with Gasteiger partial charge in [-0.1, -0.05) is 0 Å². The Kier molecular flexibility index (Phi) is 3.64. The molecule has 1 amide bonds. The molecule has 1 fully saturated rings. The van der Waals surface area contributed by atoms with Crippen LogP contribution < -0.4 is 16.6 Å². The molecule has 0 atom stereocenters. The molecule has 18 heavy (non-hydrogen) atoms. The number of carbonyl (C=O) groups is 1. The van der Waals surface area contributed by atoms with Crippen molar-refractivity contribution in [2.75, 3.05) is 5.32 Å². The fraction of sp³-hybridized carbons (Fsp3) is 0.583. The average Bonchev–Trinajstić information content (AvgIpc) is 2.36. The van der Waals surface area contributed by atoms with Crippen molar-refractivity contribution < 1.29 is 4.79 Å². The molecule has 1 aromatic rings. The lowest BCUT2D eigenvalue weighted by Crippen LogP contribution is -2.34. The number of aryl methyl sites for hydroxylation is 1. The highest BCUT2D eigenvalue weighted by atomic mass is 16.1. The summed E-state index contributed by atoms with van der Waals surface area (Å²) in [6.45, 7) is 0. The number of carbonyl (C=O) groups excluding carboxylic acids is 1. The predicted octanol–water partition coefficient (Wildman–Crippen LogP) is 0.236. The van der Waals surface area contributed by atoms with E-state index in [9.17, 15) is 9.59 Å². The lowest BCUT2D eigenvalue weighted by molar-refractivity contribution is -0.122. The van der Waals surface area contributed by atoms with Crippen molar-refractivity contribution in [3.05, 3.63) is 22.7 Å². The van der Waals surface area contributed by atoms with Gasteiger partial charge in [0, 0.05) is 31.4 Å². The molecular formula is C12H18N4O2. The second kappa shape index (κ2) is 5.20. The van der Waals surface area contributed by atoms with E-state index < -0.39 is 0 Å². The van der Waals surface area contributed by atoms with Crippen LogP contribution >= 0.6 is 0 Å². The van der Waals surface area contributed by atoms with Gasteiger partial charge in [0.2, 0.25) is 5.91 Å². The SMILES string of the molecule is Cn1ccnc(NC2CCC(C(N)=O)CC2)c1=O. The molecule has 0 bridgehead atoms. The minimum atomic E-state index is -0.220. The summed E-state index contributed by atoms with van der Waals surface area (Å²) in [6.07, 6.45) is 6.46. The molecule has 0 saturated heterocycles. The van der Waals surface area contributed by atoms with E-state index in [-0.39, 0.29) is 23.4 Å². The number of primary amides is 1. The first-order chi connectivity index (χ1) is 8.58. The highest BCUT2D eigenvalue weighted by molar-refractivity contribution is 5.76. The van der Waals surface area contributed by atoms with Crippen molar-refractivity contribution >= 4 is 11.7 Å². The number of hydrogen-bond donors (Lipinski definition) is 2. The molecule has 0 unspecified atom stereocenters. The van der Waals surface area contributed by atoms with Gasteiger partial charge in [0.05, 0.1) is 0 Å². The quantitative estimate of drug-likeness (QED) is 0.804. The van der Waals surface area contributed by atoms with E-state index in [4.69, 9.17) is 5.73 Å². The zero-order chi connectivity index (χ0) is 13.1. The highest BCUT2D eigenvalue weighted by Gasteiger charge is 2.25. The van der Waals surface area contributed by atoms with Gasteiger partial charge in [-0.25, -0.2) is 4.98 Å². The van der Waals surface area contributed by atoms with Crippen LogP contribution in [0.4, 0.5) is 5.82 Å². The number of aromatic nitrogens is 2. The number of anilines is 1. The molecule has 0 spiro atoms. The van der Waals surface area contributed by atoms with E-state index in [2.05, 4.69) is 10.3 Å². The Labute approximate surface area is 105 Å². The Morgan fingerprint density at radius 3 is 2.72 bits per heavy atom. The molecule has 1 saturated carbocycles. The smallest absolute Gasteiger partial charge is 0.293 e. The maximum atomic E-state index is 11.8. The van der Waals surface area contributed by atoms with Gasteiger partial charge in [0.25, 0.3) is 5.56 Å². The Bertz CT molecular complexity index is 489. The molecular weight excluding hydrogens is 232 g/mol. The summed E-state index contributed by atoms with van der Waals surface area (Å²) < 4.78 is 1.49. The van der Waals surface area contributed by atoms with Crippen molar-refractivity contribution in [1.82, 2.24) is 9.55 Å². The first kappa shape index (κ1) is 12.6. The molecule has 1 aliphatic carbocycles. The van der Waals surface area contributed by atoms with Crippen molar-refractivity contribution in [1.29, 1.82) is 0 Å². The lowest BCUT2D eigenvalue weighted by Gasteiger charge is -2.27. The van der Waals surface area contributed by atoms with Gasteiger partial charge < -0.3 is 15.6 Å². The summed E-state index contributed by atoms with van der Waals surface area (Å²) in [6, 6.07) is 0.197. The fourth-order valence-corrected chi connectivity index (χ4v) is 2.31. The Hall–Kier alpha value is -1.85. The molecule has 1 aliphatic rings. The monoisotopic (exact) mass is 250 g/mol. The molecule has 6 heteroatoms. The third kappa shape index (κ3) is 2.69. The predicted molar refractivity (Wildman–Crippen MR) is 68.0 cm³/mol. The standard InChI is InChI=1S/C12H18N4O2/c1-16-7-6-14-11(12(16)18)15-9-4-2-8(3-5-9)10(13)17/h6-9H,2-5H2,1H3,(H2,13,17)(H,14,15). The molecule has 0 aliphatic heterocycles. The summed E-state index contributed by atoms with van der Waals surface area (Å²) in [4.78, 5) is 26.9. The van der Waals surface area contributed by atoms with Gasteiger partial charge in [-0.15, -0.1) is 0 Å². The van der Waals surface area contributed by atoms with Crippen LogP contribution in [0.2, 0.25) is 0 Å². The Morgan fingerprint density at radius 2 is 2.11 bits per heavy atom. The van der Waals surface area contributed by atoms with Gasteiger partial charge in [-0.3, -0.25) is 9.59 Å². The minimum Gasteiger partial charge on any atom is -0.369 e. The summed E-state index contributed by atoms with van der Waals surface area (Å²) >= 11 is 0. The molecule has 2 rings (SSSR count). The van der Waals surface area contributed by atoms with E-state index in [1.54, 1.807) is 19.4 Å². The van der Waals surface area contributed by atoms with Crippen LogP contribution in [0.5, 0.6) is 0 Å². The van der Waals surface area contributed by atoms with Crippen molar-refractivity contribution in [2.24, 2.45) is 18.7 Å². The van der Waals surface area contributed by atoms with Crippen molar-refractivity contribution in [2.45, 2.75) is 31.7 Å². The van der Waals surface area contributed by atoms with Crippen LogP contribution in [-0.4, -0.2) is 21.5 Å². The van der Waals surface area contributed by atoms with Crippen LogP contribution in [0.15, 0.2) is 17.2 Å². The molecule has 1 heterocycles. The van der Waals surface area contributed by atoms with Crippen molar-refractivity contribution in [3.63, 3.8) is 0 Å². The normalized spacial score (nSPS) is 23.6. The van der Waals surface area contributed by atoms with Crippen LogP contribution in [0.25, 0.3) is 0 Å². The first-order valence-corrected chi connectivity index (χ1v) is 6.15. The highest BCUT2D eigenvalue weighted by Crippen LogP contribution is 2.25. The molecule has 0 aromatic carbocycles. The minimum absolute atomic E-state index is 0.0189. The maximum absolute atomic E-state index is 11.8. The zero-order valence-corrected chi connectivity index (χ0v) is 10.4. The topological polar surface area (TPSA) is 90.0 Å². The van der Waals surface area contributed by atoms with E-state index in [0.29, 0.717) is 5.82 Å². The summed E-state index contributed by atoms with van der Waals surface area (Å²) in [5.74, 6) is 0.138. The van der Waals surface area contributed by atoms with Gasteiger partial charge in [-0.2, -0.15) is 0 Å². The van der Waals surface area contributed by atoms with E-state index >= 15 is 0 Å². The first-order valence-electron chi connectivity index (χ1n) is 6.15. The van der Waals surface area contributed by atoms with Crippen molar-refractivity contribution in [3.8, 4) is 0 Å². The summed E-state index contributed by atoms with van der Waals surface area (Å²) in [7, 11) is 1.69. The number of rotatable bonds is 3. The number of hydrogen-bond acceptors (Lipinski definition) is 4. The third-order valence-corrected chi connectivity index (χ3v) is 3.49.